The third-order valence-electron chi connectivity index (χ3n) is 5.31. The highest BCUT2D eigenvalue weighted by atomic mass is 35.5. The summed E-state index contributed by atoms with van der Waals surface area (Å²) in [5, 5.41) is 12.5. The van der Waals surface area contributed by atoms with Gasteiger partial charge in [0.05, 0.1) is 16.5 Å². The van der Waals surface area contributed by atoms with Crippen LogP contribution in [-0.4, -0.2) is 41.3 Å². The molecule has 11 heteroatoms. The van der Waals surface area contributed by atoms with Gasteiger partial charge in [0, 0.05) is 12.2 Å². The van der Waals surface area contributed by atoms with Crippen molar-refractivity contribution in [3.05, 3.63) is 74.7 Å². The standard InChI is InChI=1S/C23H19ClN4O5S/c1-14-5-4-9-28-20(14)27-22(33-19-7-3-2-6-18(19)24)17(23(28)30)11-15(12-25)21(29)26-16-8-10-34(31,32)13-16/h2-7,9,11,16H,8,10,13H2,1H3,(H,26,29)/b15-11+. The number of benzene rings is 1. The maximum atomic E-state index is 13.3. The Morgan fingerprint density at radius 2 is 2.09 bits per heavy atom. The molecule has 0 saturated carbocycles. The number of sulfone groups is 1. The molecule has 3 heterocycles. The lowest BCUT2D eigenvalue weighted by Crippen LogP contribution is -2.36. The van der Waals surface area contributed by atoms with Gasteiger partial charge in [0.25, 0.3) is 11.5 Å². The number of aryl methyl sites for hydroxylation is 1. The molecule has 174 valence electrons. The minimum Gasteiger partial charge on any atom is -0.437 e. The molecule has 0 aliphatic carbocycles. The van der Waals surface area contributed by atoms with Crippen molar-refractivity contribution in [1.82, 2.24) is 14.7 Å². The van der Waals surface area contributed by atoms with Crippen LogP contribution in [0.4, 0.5) is 0 Å². The van der Waals surface area contributed by atoms with Crippen molar-refractivity contribution < 1.29 is 17.9 Å². The van der Waals surface area contributed by atoms with E-state index in [1.165, 1.54) is 10.6 Å². The Morgan fingerprint density at radius 3 is 2.76 bits per heavy atom. The van der Waals surface area contributed by atoms with E-state index >= 15 is 0 Å². The van der Waals surface area contributed by atoms with Crippen molar-refractivity contribution in [2.75, 3.05) is 11.5 Å². The molecular weight excluding hydrogens is 480 g/mol. The van der Waals surface area contributed by atoms with E-state index in [9.17, 15) is 23.3 Å². The molecule has 1 unspecified atom stereocenters. The van der Waals surface area contributed by atoms with Crippen molar-refractivity contribution in [1.29, 1.82) is 5.26 Å². The van der Waals surface area contributed by atoms with Gasteiger partial charge in [0.1, 0.15) is 28.6 Å². The number of para-hydroxylation sites is 1. The number of aromatic nitrogens is 2. The number of nitrogens with one attached hydrogen (secondary N) is 1. The second-order valence-electron chi connectivity index (χ2n) is 7.80. The molecule has 4 rings (SSSR count). The van der Waals surface area contributed by atoms with Crippen LogP contribution < -0.4 is 15.6 Å². The van der Waals surface area contributed by atoms with Crippen LogP contribution >= 0.6 is 11.6 Å². The van der Waals surface area contributed by atoms with E-state index in [-0.39, 0.29) is 45.7 Å². The summed E-state index contributed by atoms with van der Waals surface area (Å²) in [5.41, 5.74) is -0.0287. The Balaban J connectivity index is 1.81. The molecular formula is C23H19ClN4O5S. The third-order valence-corrected chi connectivity index (χ3v) is 7.39. The monoisotopic (exact) mass is 498 g/mol. The molecule has 1 atom stereocenters. The van der Waals surface area contributed by atoms with Gasteiger partial charge >= 0.3 is 0 Å². The summed E-state index contributed by atoms with van der Waals surface area (Å²) in [5.74, 6) is -0.909. The first-order valence-electron chi connectivity index (χ1n) is 10.3. The van der Waals surface area contributed by atoms with Gasteiger partial charge < -0.3 is 10.1 Å². The zero-order valence-electron chi connectivity index (χ0n) is 18.0. The molecule has 0 bridgehead atoms. The number of pyridine rings is 1. The quantitative estimate of drug-likeness (QED) is 0.422. The van der Waals surface area contributed by atoms with Crippen LogP contribution in [0.15, 0.2) is 53.0 Å². The number of nitriles is 1. The highest BCUT2D eigenvalue weighted by Gasteiger charge is 2.30. The van der Waals surface area contributed by atoms with E-state index in [4.69, 9.17) is 16.3 Å². The first-order chi connectivity index (χ1) is 16.2. The van der Waals surface area contributed by atoms with Gasteiger partial charge in [-0.1, -0.05) is 29.8 Å². The second kappa shape index (κ2) is 9.29. The van der Waals surface area contributed by atoms with Crippen LogP contribution in [-0.2, 0) is 14.6 Å². The normalized spacial score (nSPS) is 17.3. The molecule has 0 spiro atoms. The van der Waals surface area contributed by atoms with Gasteiger partial charge in [-0.25, -0.2) is 8.42 Å². The summed E-state index contributed by atoms with van der Waals surface area (Å²) in [7, 11) is -3.23. The number of ether oxygens (including phenoxy) is 1. The number of nitrogens with zero attached hydrogens (tertiary/aromatic N) is 3. The average molecular weight is 499 g/mol. The first kappa shape index (κ1) is 23.5. The fraction of sp³-hybridized carbons (Fsp3) is 0.217. The maximum absolute atomic E-state index is 13.3. The number of hydrogen-bond acceptors (Lipinski definition) is 7. The molecule has 0 radical (unpaired) electrons. The number of halogens is 1. The van der Waals surface area contributed by atoms with E-state index in [2.05, 4.69) is 10.3 Å². The lowest BCUT2D eigenvalue weighted by molar-refractivity contribution is -0.117. The Kier molecular flexibility index (Phi) is 6.41. The number of rotatable bonds is 5. The molecule has 1 aliphatic rings. The first-order valence-corrected chi connectivity index (χ1v) is 12.5. The Labute approximate surface area is 200 Å². The fourth-order valence-corrected chi connectivity index (χ4v) is 5.44. The van der Waals surface area contributed by atoms with E-state index in [1.807, 2.05) is 0 Å². The highest BCUT2D eigenvalue weighted by Crippen LogP contribution is 2.30. The van der Waals surface area contributed by atoms with Gasteiger partial charge in [-0.3, -0.25) is 14.0 Å². The van der Waals surface area contributed by atoms with Crippen LogP contribution in [0.5, 0.6) is 11.6 Å². The number of fused-ring (bicyclic) bond motifs is 1. The molecule has 1 fully saturated rings. The van der Waals surface area contributed by atoms with E-state index in [0.717, 1.165) is 6.08 Å². The summed E-state index contributed by atoms with van der Waals surface area (Å²) >= 11 is 6.20. The van der Waals surface area contributed by atoms with E-state index in [0.29, 0.717) is 11.2 Å². The topological polar surface area (TPSA) is 131 Å². The van der Waals surface area contributed by atoms with Crippen molar-refractivity contribution >= 4 is 39.1 Å². The third kappa shape index (κ3) is 4.81. The van der Waals surface area contributed by atoms with Crippen molar-refractivity contribution in [3.63, 3.8) is 0 Å². The van der Waals surface area contributed by atoms with Crippen LogP contribution in [0.3, 0.4) is 0 Å². The molecule has 9 nitrogen and oxygen atoms in total. The fourth-order valence-electron chi connectivity index (χ4n) is 3.59. The van der Waals surface area contributed by atoms with Crippen LogP contribution in [0.1, 0.15) is 17.5 Å². The SMILES string of the molecule is Cc1cccn2c(=O)c(/C=C(\C#N)C(=O)NC3CCS(=O)(=O)C3)c(Oc3ccccc3Cl)nc12. The van der Waals surface area contributed by atoms with E-state index in [1.54, 1.807) is 49.4 Å². The van der Waals surface area contributed by atoms with Gasteiger partial charge in [-0.05, 0) is 43.2 Å². The Morgan fingerprint density at radius 1 is 1.32 bits per heavy atom. The zero-order valence-corrected chi connectivity index (χ0v) is 19.6. The van der Waals surface area contributed by atoms with Gasteiger partial charge in [-0.2, -0.15) is 10.2 Å². The number of carbonyl (C=O) groups is 1. The second-order valence-corrected chi connectivity index (χ2v) is 10.4. The molecule has 2 aromatic heterocycles. The predicted octanol–water partition coefficient (Wildman–Crippen LogP) is 2.66. The number of carbonyl (C=O) groups excluding carboxylic acids is 1. The lowest BCUT2D eigenvalue weighted by atomic mass is 10.1. The Bertz CT molecular complexity index is 1540. The summed E-state index contributed by atoms with van der Waals surface area (Å²) in [6.45, 7) is 1.78. The zero-order chi connectivity index (χ0) is 24.5. The molecule has 3 aromatic rings. The molecule has 1 aliphatic heterocycles. The van der Waals surface area contributed by atoms with Crippen molar-refractivity contribution in [2.45, 2.75) is 19.4 Å². The maximum Gasteiger partial charge on any atom is 0.269 e. The van der Waals surface area contributed by atoms with Gasteiger partial charge in [-0.15, -0.1) is 0 Å². The largest absolute Gasteiger partial charge is 0.437 e. The summed E-state index contributed by atoms with van der Waals surface area (Å²) in [4.78, 5) is 30.5. The number of hydrogen-bond donors (Lipinski definition) is 1. The summed E-state index contributed by atoms with van der Waals surface area (Å²) in [6, 6.07) is 11.2. The minimum atomic E-state index is -3.23. The lowest BCUT2D eigenvalue weighted by Gasteiger charge is -2.13. The van der Waals surface area contributed by atoms with Crippen LogP contribution in [0, 0.1) is 18.3 Å². The van der Waals surface area contributed by atoms with Crippen LogP contribution in [0.2, 0.25) is 5.02 Å². The van der Waals surface area contributed by atoms with Crippen molar-refractivity contribution in [2.24, 2.45) is 0 Å². The van der Waals surface area contributed by atoms with E-state index < -0.39 is 27.3 Å². The molecule has 1 aromatic carbocycles. The minimum absolute atomic E-state index is 0.0331. The van der Waals surface area contributed by atoms with Gasteiger partial charge in [0.15, 0.2) is 9.84 Å². The van der Waals surface area contributed by atoms with Crippen LogP contribution in [0.25, 0.3) is 11.7 Å². The van der Waals surface area contributed by atoms with Gasteiger partial charge in [0.2, 0.25) is 5.88 Å². The molecule has 1 amide bonds. The number of amides is 1. The van der Waals surface area contributed by atoms with Crippen molar-refractivity contribution in [3.8, 4) is 17.7 Å². The highest BCUT2D eigenvalue weighted by molar-refractivity contribution is 7.91. The predicted molar refractivity (Wildman–Crippen MR) is 127 cm³/mol. The summed E-state index contributed by atoms with van der Waals surface area (Å²) in [6.07, 6.45) is 2.87. The summed E-state index contributed by atoms with van der Waals surface area (Å²) < 4.78 is 30.5. The molecule has 1 saturated heterocycles. The Hall–Kier alpha value is -3.68. The average Bonchev–Trinajstić information content (AvgIpc) is 3.13. The molecule has 34 heavy (non-hydrogen) atoms. The smallest absolute Gasteiger partial charge is 0.269 e. The molecule has 1 N–H and O–H groups in total.